The molecule has 1 N–H and O–H groups in total. The fourth-order valence-corrected chi connectivity index (χ4v) is 4.09. The number of thioether (sulfide) groups is 1. The highest BCUT2D eigenvalue weighted by molar-refractivity contribution is 7.98. The second-order valence-corrected chi connectivity index (χ2v) is 8.21. The molecule has 0 saturated carbocycles. The molecule has 0 atom stereocenters. The number of carbonyl (C=O) groups excluding carboxylic acids is 1. The number of aromatic nitrogens is 1. The zero-order chi connectivity index (χ0) is 20.2. The molecule has 1 amide bonds. The summed E-state index contributed by atoms with van der Waals surface area (Å²) in [7, 11) is 0. The lowest BCUT2D eigenvalue weighted by Crippen LogP contribution is -2.31. The van der Waals surface area contributed by atoms with E-state index in [1.165, 1.54) is 11.1 Å². The van der Waals surface area contributed by atoms with Gasteiger partial charge in [-0.2, -0.15) is 0 Å². The van der Waals surface area contributed by atoms with Gasteiger partial charge in [0.15, 0.2) is 0 Å². The highest BCUT2D eigenvalue weighted by Gasteiger charge is 2.17. The second-order valence-electron chi connectivity index (χ2n) is 7.33. The molecule has 1 aromatic heterocycles. The average molecular weight is 404 g/mol. The maximum Gasteiger partial charge on any atom is 0.251 e. The lowest BCUT2D eigenvalue weighted by molar-refractivity contribution is 0.0950. The fourth-order valence-electron chi connectivity index (χ4n) is 3.65. The molecule has 0 radical (unpaired) electrons. The Morgan fingerprint density at radius 3 is 2.72 bits per heavy atom. The smallest absolute Gasteiger partial charge is 0.251 e. The Labute approximate surface area is 176 Å². The molecule has 1 aliphatic heterocycles. The summed E-state index contributed by atoms with van der Waals surface area (Å²) in [5.41, 5.74) is 5.52. The summed E-state index contributed by atoms with van der Waals surface area (Å²) < 4.78 is 0. The van der Waals surface area contributed by atoms with Gasteiger partial charge in [0.1, 0.15) is 5.82 Å². The zero-order valence-electron chi connectivity index (χ0n) is 16.8. The Kier molecular flexibility index (Phi) is 5.86. The highest BCUT2D eigenvalue weighted by atomic mass is 32.2. The van der Waals surface area contributed by atoms with Crippen LogP contribution in [0.2, 0.25) is 0 Å². The first-order valence-electron chi connectivity index (χ1n) is 9.83. The average Bonchev–Trinajstić information content (AvgIpc) is 2.78. The Morgan fingerprint density at radius 1 is 1.14 bits per heavy atom. The van der Waals surface area contributed by atoms with Crippen molar-refractivity contribution in [1.82, 2.24) is 10.3 Å². The van der Waals surface area contributed by atoms with E-state index in [0.29, 0.717) is 6.54 Å². The van der Waals surface area contributed by atoms with Gasteiger partial charge in [-0.15, -0.1) is 11.8 Å². The van der Waals surface area contributed by atoms with Crippen LogP contribution < -0.4 is 10.2 Å². The molecule has 4 rings (SSSR count). The minimum Gasteiger partial charge on any atom is -0.352 e. The van der Waals surface area contributed by atoms with E-state index in [2.05, 4.69) is 45.5 Å². The molecule has 0 spiro atoms. The number of carbonyl (C=O) groups is 1. The number of nitrogens with one attached hydrogen (secondary N) is 1. The molecular weight excluding hydrogens is 378 g/mol. The van der Waals surface area contributed by atoms with Crippen LogP contribution in [0, 0.1) is 6.92 Å². The summed E-state index contributed by atoms with van der Waals surface area (Å²) in [5, 5.41) is 3.02. The maximum absolute atomic E-state index is 12.6. The van der Waals surface area contributed by atoms with E-state index < -0.39 is 0 Å². The van der Waals surface area contributed by atoms with Crippen LogP contribution in [-0.2, 0) is 19.5 Å². The molecule has 4 nitrogen and oxygen atoms in total. The second kappa shape index (κ2) is 8.70. The van der Waals surface area contributed by atoms with Crippen LogP contribution in [0.4, 0.5) is 5.82 Å². The van der Waals surface area contributed by atoms with Gasteiger partial charge in [0.05, 0.1) is 0 Å². The normalized spacial score (nSPS) is 13.1. The van der Waals surface area contributed by atoms with Gasteiger partial charge in [0, 0.05) is 36.3 Å². The minimum absolute atomic E-state index is 0.0462. The summed E-state index contributed by atoms with van der Waals surface area (Å²) in [4.78, 5) is 20.6. The van der Waals surface area contributed by atoms with Crippen molar-refractivity contribution in [2.45, 2.75) is 31.3 Å². The van der Waals surface area contributed by atoms with Gasteiger partial charge in [-0.3, -0.25) is 4.79 Å². The van der Waals surface area contributed by atoms with Crippen molar-refractivity contribution in [3.8, 4) is 0 Å². The number of amides is 1. The molecule has 0 aliphatic carbocycles. The molecule has 0 saturated heterocycles. The van der Waals surface area contributed by atoms with E-state index in [-0.39, 0.29) is 5.91 Å². The van der Waals surface area contributed by atoms with Crippen LogP contribution in [0.15, 0.2) is 65.7 Å². The largest absolute Gasteiger partial charge is 0.352 e. The number of nitrogens with zero attached hydrogens (tertiary/aromatic N) is 2. The van der Waals surface area contributed by atoms with Crippen molar-refractivity contribution in [3.05, 3.63) is 88.6 Å². The number of pyridine rings is 1. The van der Waals surface area contributed by atoms with Gasteiger partial charge >= 0.3 is 0 Å². The molecule has 2 aromatic carbocycles. The quantitative estimate of drug-likeness (QED) is 0.632. The molecule has 1 aliphatic rings. The van der Waals surface area contributed by atoms with Gasteiger partial charge in [0.25, 0.3) is 5.91 Å². The van der Waals surface area contributed by atoms with E-state index in [0.717, 1.165) is 46.9 Å². The van der Waals surface area contributed by atoms with Gasteiger partial charge in [-0.25, -0.2) is 4.98 Å². The third kappa shape index (κ3) is 4.46. The van der Waals surface area contributed by atoms with Gasteiger partial charge in [-0.05, 0) is 60.1 Å². The molecular formula is C24H25N3OS. The van der Waals surface area contributed by atoms with Gasteiger partial charge in [-0.1, -0.05) is 36.4 Å². The summed E-state index contributed by atoms with van der Waals surface area (Å²) in [6.45, 7) is 4.31. The van der Waals surface area contributed by atoms with Gasteiger partial charge in [0.2, 0.25) is 0 Å². The summed E-state index contributed by atoms with van der Waals surface area (Å²) >= 11 is 1.64. The Bertz CT molecular complexity index is 1020. The first-order chi connectivity index (χ1) is 14.1. The molecule has 148 valence electrons. The van der Waals surface area contributed by atoms with Gasteiger partial charge < -0.3 is 10.2 Å². The number of rotatable bonds is 5. The maximum atomic E-state index is 12.6. The lowest BCUT2D eigenvalue weighted by atomic mass is 10.00. The molecule has 29 heavy (non-hydrogen) atoms. The van der Waals surface area contributed by atoms with Crippen molar-refractivity contribution in [3.63, 3.8) is 0 Å². The molecule has 5 heteroatoms. The Hall–Kier alpha value is -2.79. The SMILES string of the molecule is CSc1ccc(C)c(C(=O)NCc2ccc(N3CCc4ccccc4C3)nc2)c1. The van der Waals surface area contributed by atoms with Crippen LogP contribution in [0.1, 0.15) is 32.6 Å². The first kappa shape index (κ1) is 19.5. The fraction of sp³-hybridized carbons (Fsp3) is 0.250. The Morgan fingerprint density at radius 2 is 1.97 bits per heavy atom. The summed E-state index contributed by atoms with van der Waals surface area (Å²) in [6, 6.07) is 18.7. The molecule has 0 fully saturated rings. The first-order valence-corrected chi connectivity index (χ1v) is 11.1. The van der Waals surface area contributed by atoms with E-state index in [9.17, 15) is 4.79 Å². The van der Waals surface area contributed by atoms with E-state index >= 15 is 0 Å². The number of fused-ring (bicyclic) bond motifs is 1. The summed E-state index contributed by atoms with van der Waals surface area (Å²) in [5.74, 6) is 0.938. The molecule has 0 unspecified atom stereocenters. The molecule has 0 bridgehead atoms. The third-order valence-corrected chi connectivity index (χ3v) is 6.13. The zero-order valence-corrected chi connectivity index (χ0v) is 17.6. The van der Waals surface area contributed by atoms with Crippen molar-refractivity contribution < 1.29 is 4.79 Å². The van der Waals surface area contributed by atoms with E-state index in [4.69, 9.17) is 0 Å². The van der Waals surface area contributed by atoms with Crippen molar-refractivity contribution >= 4 is 23.5 Å². The van der Waals surface area contributed by atoms with E-state index in [1.807, 2.05) is 43.6 Å². The predicted octanol–water partition coefficient (Wildman–Crippen LogP) is 4.60. The number of benzene rings is 2. The van der Waals surface area contributed by atoms with Crippen LogP contribution in [0.3, 0.4) is 0 Å². The molecule has 2 heterocycles. The topological polar surface area (TPSA) is 45.2 Å². The lowest BCUT2D eigenvalue weighted by Gasteiger charge is -2.29. The molecule has 3 aromatic rings. The third-order valence-electron chi connectivity index (χ3n) is 5.41. The Balaban J connectivity index is 1.38. The van der Waals surface area contributed by atoms with Crippen molar-refractivity contribution in [1.29, 1.82) is 0 Å². The number of aryl methyl sites for hydroxylation is 1. The van der Waals surface area contributed by atoms with E-state index in [1.54, 1.807) is 11.8 Å². The summed E-state index contributed by atoms with van der Waals surface area (Å²) in [6.07, 6.45) is 4.92. The van der Waals surface area contributed by atoms with Crippen LogP contribution in [-0.4, -0.2) is 23.7 Å². The number of hydrogen-bond donors (Lipinski definition) is 1. The van der Waals surface area contributed by atoms with Crippen molar-refractivity contribution in [2.24, 2.45) is 0 Å². The minimum atomic E-state index is -0.0462. The van der Waals surface area contributed by atoms with Crippen LogP contribution in [0.5, 0.6) is 0 Å². The highest BCUT2D eigenvalue weighted by Crippen LogP contribution is 2.23. The van der Waals surface area contributed by atoms with Crippen LogP contribution in [0.25, 0.3) is 0 Å². The number of hydrogen-bond acceptors (Lipinski definition) is 4. The predicted molar refractivity (Wildman–Crippen MR) is 120 cm³/mol. The standard InChI is InChI=1S/C24H25N3OS/c1-17-7-9-21(29-2)13-22(17)24(28)26-15-18-8-10-23(25-14-18)27-12-11-19-5-3-4-6-20(19)16-27/h3-10,13-14H,11-12,15-16H2,1-2H3,(H,26,28). The number of anilines is 1. The van der Waals surface area contributed by atoms with Crippen LogP contribution >= 0.6 is 11.8 Å². The van der Waals surface area contributed by atoms with Crippen molar-refractivity contribution in [2.75, 3.05) is 17.7 Å². The monoisotopic (exact) mass is 403 g/mol.